The number of nitrogens with one attached hydrogen (secondary N) is 1. The molecule has 0 aliphatic carbocycles. The van der Waals surface area contributed by atoms with Crippen molar-refractivity contribution in [2.75, 3.05) is 30.5 Å². The molecule has 0 aliphatic rings. The number of likely N-dealkylation sites (N-methyl/N-ethyl adjacent to an activating group) is 1. The smallest absolute Gasteiger partial charge is 0.148 e. The maximum absolute atomic E-state index is 9.02. The topological polar surface area (TPSA) is 87.3 Å². The summed E-state index contributed by atoms with van der Waals surface area (Å²) in [6.07, 6.45) is 0. The van der Waals surface area contributed by atoms with Gasteiger partial charge in [0.15, 0.2) is 0 Å². The molecule has 6 heteroatoms. The summed E-state index contributed by atoms with van der Waals surface area (Å²) < 4.78 is 0. The standard InChI is InChI=1S/C12H23N5O/c1-8-9(16-13)14-11(12(2,3)4)15-10(8)17(5)6-7-18/h18H,6-7,13H2,1-5H3,(H,14,15,16). The van der Waals surface area contributed by atoms with E-state index < -0.39 is 0 Å². The Morgan fingerprint density at radius 3 is 2.39 bits per heavy atom. The zero-order valence-corrected chi connectivity index (χ0v) is 11.8. The molecule has 0 aliphatic heterocycles. The predicted octanol–water partition coefficient (Wildman–Crippen LogP) is 0.797. The van der Waals surface area contributed by atoms with Crippen molar-refractivity contribution < 1.29 is 5.11 Å². The zero-order chi connectivity index (χ0) is 13.9. The average Bonchev–Trinajstić information content (AvgIpc) is 2.28. The fourth-order valence-corrected chi connectivity index (χ4v) is 1.61. The first kappa shape index (κ1) is 14.7. The first-order valence-corrected chi connectivity index (χ1v) is 5.99. The third-order valence-electron chi connectivity index (χ3n) is 2.72. The lowest BCUT2D eigenvalue weighted by molar-refractivity contribution is 0.303. The lowest BCUT2D eigenvalue weighted by Gasteiger charge is -2.24. The molecular weight excluding hydrogens is 230 g/mol. The van der Waals surface area contributed by atoms with Gasteiger partial charge in [0.2, 0.25) is 0 Å². The molecule has 1 rings (SSSR count). The Labute approximate surface area is 108 Å². The van der Waals surface area contributed by atoms with Gasteiger partial charge in [-0.3, -0.25) is 0 Å². The largest absolute Gasteiger partial charge is 0.395 e. The highest BCUT2D eigenvalue weighted by molar-refractivity contribution is 5.58. The maximum Gasteiger partial charge on any atom is 0.148 e. The molecule has 0 fully saturated rings. The number of aliphatic hydroxyl groups excluding tert-OH is 1. The van der Waals surface area contributed by atoms with Gasteiger partial charge < -0.3 is 15.4 Å². The molecule has 102 valence electrons. The summed E-state index contributed by atoms with van der Waals surface area (Å²) >= 11 is 0. The van der Waals surface area contributed by atoms with Crippen LogP contribution >= 0.6 is 0 Å². The van der Waals surface area contributed by atoms with E-state index in [1.807, 2.05) is 39.6 Å². The first-order valence-electron chi connectivity index (χ1n) is 5.99. The van der Waals surface area contributed by atoms with E-state index in [0.717, 1.165) is 17.2 Å². The fraction of sp³-hybridized carbons (Fsp3) is 0.667. The minimum absolute atomic E-state index is 0.0795. The van der Waals surface area contributed by atoms with Crippen molar-refractivity contribution in [1.82, 2.24) is 9.97 Å². The summed E-state index contributed by atoms with van der Waals surface area (Å²) in [5.41, 5.74) is 3.32. The number of aliphatic hydroxyl groups is 1. The summed E-state index contributed by atoms with van der Waals surface area (Å²) in [6.45, 7) is 8.65. The molecule has 1 aromatic heterocycles. The van der Waals surface area contributed by atoms with E-state index in [0.29, 0.717) is 12.4 Å². The number of hydrogen-bond donors (Lipinski definition) is 3. The molecule has 0 saturated heterocycles. The molecule has 6 nitrogen and oxygen atoms in total. The number of nitrogens with two attached hydrogens (primary N) is 1. The molecule has 0 aromatic carbocycles. The normalized spacial score (nSPS) is 11.5. The van der Waals surface area contributed by atoms with Crippen LogP contribution in [-0.4, -0.2) is 35.3 Å². The minimum atomic E-state index is -0.159. The van der Waals surface area contributed by atoms with Gasteiger partial charge in [-0.15, -0.1) is 0 Å². The Morgan fingerprint density at radius 2 is 1.94 bits per heavy atom. The van der Waals surface area contributed by atoms with Crippen molar-refractivity contribution in [2.24, 2.45) is 5.84 Å². The van der Waals surface area contributed by atoms with Crippen LogP contribution in [0, 0.1) is 6.92 Å². The molecule has 0 bridgehead atoms. The molecule has 0 atom stereocenters. The Morgan fingerprint density at radius 1 is 1.33 bits per heavy atom. The monoisotopic (exact) mass is 253 g/mol. The van der Waals surface area contributed by atoms with Crippen LogP contribution in [-0.2, 0) is 5.41 Å². The highest BCUT2D eigenvalue weighted by Gasteiger charge is 2.22. The number of nitrogens with zero attached hydrogens (tertiary/aromatic N) is 3. The summed E-state index contributed by atoms with van der Waals surface area (Å²) in [5.74, 6) is 7.63. The predicted molar refractivity (Wildman–Crippen MR) is 73.6 cm³/mol. The minimum Gasteiger partial charge on any atom is -0.395 e. The van der Waals surface area contributed by atoms with E-state index in [1.165, 1.54) is 0 Å². The number of anilines is 2. The highest BCUT2D eigenvalue weighted by Crippen LogP contribution is 2.27. The van der Waals surface area contributed by atoms with E-state index in [-0.39, 0.29) is 12.0 Å². The van der Waals surface area contributed by atoms with Crippen LogP contribution in [0.15, 0.2) is 0 Å². The third kappa shape index (κ3) is 3.08. The van der Waals surface area contributed by atoms with Gasteiger partial charge in [0, 0.05) is 24.6 Å². The van der Waals surface area contributed by atoms with Crippen molar-refractivity contribution in [2.45, 2.75) is 33.1 Å². The molecule has 1 aromatic rings. The fourth-order valence-electron chi connectivity index (χ4n) is 1.61. The molecule has 0 radical (unpaired) electrons. The quantitative estimate of drug-likeness (QED) is 0.543. The summed E-state index contributed by atoms with van der Waals surface area (Å²) in [6, 6.07) is 0. The van der Waals surface area contributed by atoms with E-state index >= 15 is 0 Å². The molecule has 0 saturated carbocycles. The number of hydrazine groups is 1. The SMILES string of the molecule is Cc1c(NN)nc(C(C)(C)C)nc1N(C)CCO. The lowest BCUT2D eigenvalue weighted by atomic mass is 9.95. The molecule has 0 amide bonds. The van der Waals surface area contributed by atoms with Crippen molar-refractivity contribution in [1.29, 1.82) is 0 Å². The molecule has 0 unspecified atom stereocenters. The average molecular weight is 253 g/mol. The Balaban J connectivity index is 3.31. The van der Waals surface area contributed by atoms with Crippen LogP contribution in [0.3, 0.4) is 0 Å². The molecule has 18 heavy (non-hydrogen) atoms. The van der Waals surface area contributed by atoms with Crippen molar-refractivity contribution in [3.05, 3.63) is 11.4 Å². The summed E-state index contributed by atoms with van der Waals surface area (Å²) in [4.78, 5) is 10.9. The second-order valence-corrected chi connectivity index (χ2v) is 5.38. The van der Waals surface area contributed by atoms with Crippen LogP contribution in [0.1, 0.15) is 32.2 Å². The molecule has 1 heterocycles. The lowest BCUT2D eigenvalue weighted by Crippen LogP contribution is -2.27. The van der Waals surface area contributed by atoms with Crippen molar-refractivity contribution >= 4 is 11.6 Å². The molecular formula is C12H23N5O. The van der Waals surface area contributed by atoms with Crippen molar-refractivity contribution in [3.8, 4) is 0 Å². The van der Waals surface area contributed by atoms with Crippen LogP contribution in [0.2, 0.25) is 0 Å². The summed E-state index contributed by atoms with van der Waals surface area (Å²) in [7, 11) is 1.89. The zero-order valence-electron chi connectivity index (χ0n) is 11.8. The number of aromatic nitrogens is 2. The number of rotatable bonds is 4. The molecule has 0 spiro atoms. The Hall–Kier alpha value is -1.40. The van der Waals surface area contributed by atoms with Crippen LogP contribution in [0.5, 0.6) is 0 Å². The van der Waals surface area contributed by atoms with Gasteiger partial charge in [0.05, 0.1) is 6.61 Å². The van der Waals surface area contributed by atoms with Crippen LogP contribution in [0.25, 0.3) is 0 Å². The Bertz CT molecular complexity index is 414. The van der Waals surface area contributed by atoms with Crippen LogP contribution in [0.4, 0.5) is 11.6 Å². The van der Waals surface area contributed by atoms with E-state index in [1.54, 1.807) is 0 Å². The third-order valence-corrected chi connectivity index (χ3v) is 2.72. The van der Waals surface area contributed by atoms with Gasteiger partial charge in [-0.25, -0.2) is 15.8 Å². The number of hydrogen-bond acceptors (Lipinski definition) is 6. The van der Waals surface area contributed by atoms with Gasteiger partial charge in [0.1, 0.15) is 17.5 Å². The van der Waals surface area contributed by atoms with E-state index in [9.17, 15) is 0 Å². The van der Waals surface area contributed by atoms with Gasteiger partial charge in [0.25, 0.3) is 0 Å². The number of nitrogen functional groups attached to an aromatic ring is 1. The van der Waals surface area contributed by atoms with Gasteiger partial charge in [-0.2, -0.15) is 0 Å². The maximum atomic E-state index is 9.02. The molecule has 4 N–H and O–H groups in total. The Kier molecular flexibility index (Phi) is 4.48. The van der Waals surface area contributed by atoms with Gasteiger partial charge >= 0.3 is 0 Å². The van der Waals surface area contributed by atoms with Crippen molar-refractivity contribution in [3.63, 3.8) is 0 Å². The second-order valence-electron chi connectivity index (χ2n) is 5.38. The first-order chi connectivity index (χ1) is 8.31. The van der Waals surface area contributed by atoms with E-state index in [4.69, 9.17) is 10.9 Å². The van der Waals surface area contributed by atoms with E-state index in [2.05, 4.69) is 15.4 Å². The van der Waals surface area contributed by atoms with Gasteiger partial charge in [-0.1, -0.05) is 20.8 Å². The highest BCUT2D eigenvalue weighted by atomic mass is 16.3. The van der Waals surface area contributed by atoms with Gasteiger partial charge in [-0.05, 0) is 6.92 Å². The summed E-state index contributed by atoms with van der Waals surface area (Å²) in [5, 5.41) is 9.02. The van der Waals surface area contributed by atoms with Crippen LogP contribution < -0.4 is 16.2 Å². The second kappa shape index (κ2) is 5.49.